The lowest BCUT2D eigenvalue weighted by Gasteiger charge is -2.22. The Morgan fingerprint density at radius 1 is 1.19 bits per heavy atom. The molecule has 0 saturated heterocycles. The quantitative estimate of drug-likeness (QED) is 0.561. The number of nitrogens with zero attached hydrogens (tertiary/aromatic N) is 1. The lowest BCUT2D eigenvalue weighted by molar-refractivity contribution is -0.121. The molecule has 0 aliphatic carbocycles. The fourth-order valence-corrected chi connectivity index (χ4v) is 4.33. The minimum Gasteiger partial charge on any atom is -0.351 e. The molecular weight excluding hydrogens is 475 g/mol. The molecule has 2 aromatic carbocycles. The zero-order chi connectivity index (χ0) is 20.0. The van der Waals surface area contributed by atoms with Crippen LogP contribution in [-0.2, 0) is 21.4 Å². The fourth-order valence-electron chi connectivity index (χ4n) is 2.22. The van der Waals surface area contributed by atoms with Crippen LogP contribution in [-0.4, -0.2) is 31.7 Å². The molecule has 0 aliphatic rings. The molecule has 1 amide bonds. The Morgan fingerprint density at radius 2 is 1.85 bits per heavy atom. The Balaban J connectivity index is 2.37. The van der Waals surface area contributed by atoms with E-state index in [-0.39, 0.29) is 24.5 Å². The number of nitrogens with one attached hydrogen (secondary N) is 1. The number of rotatable bonds is 8. The lowest BCUT2D eigenvalue weighted by atomic mass is 10.2. The molecule has 0 unspecified atom stereocenters. The summed E-state index contributed by atoms with van der Waals surface area (Å²) in [6.45, 7) is 3.34. The first-order chi connectivity index (χ1) is 12.7. The molecule has 2 aromatic rings. The smallest absolute Gasteiger partial charge is 0.243 e. The Bertz CT molecular complexity index is 934. The first-order valence-electron chi connectivity index (χ1n) is 7.81. The number of carbonyl (C=O) groups is 1. The first-order valence-corrected chi connectivity index (χ1v) is 10.8. The van der Waals surface area contributed by atoms with Crippen LogP contribution in [0.15, 0.2) is 64.5 Å². The summed E-state index contributed by atoms with van der Waals surface area (Å²) < 4.78 is 28.0. The molecule has 0 spiro atoms. The van der Waals surface area contributed by atoms with Gasteiger partial charge in [-0.3, -0.25) is 4.79 Å². The molecule has 2 rings (SSSR count). The van der Waals surface area contributed by atoms with E-state index in [2.05, 4.69) is 27.8 Å². The van der Waals surface area contributed by atoms with Crippen LogP contribution in [0.25, 0.3) is 0 Å². The predicted octanol–water partition coefficient (Wildman–Crippen LogP) is 4.25. The van der Waals surface area contributed by atoms with Crippen molar-refractivity contribution in [1.29, 1.82) is 0 Å². The van der Waals surface area contributed by atoms with Crippen molar-refractivity contribution in [3.05, 3.63) is 75.2 Å². The van der Waals surface area contributed by atoms with Crippen LogP contribution in [0, 0.1) is 0 Å². The van der Waals surface area contributed by atoms with Gasteiger partial charge in [0.25, 0.3) is 0 Å². The second-order valence-corrected chi connectivity index (χ2v) is 9.25. The van der Waals surface area contributed by atoms with Gasteiger partial charge in [-0.25, -0.2) is 8.42 Å². The fraction of sp³-hybridized carbons (Fsp3) is 0.167. The van der Waals surface area contributed by atoms with Gasteiger partial charge in [-0.05, 0) is 42.0 Å². The molecule has 9 heteroatoms. The molecule has 0 saturated carbocycles. The average Bonchev–Trinajstić information content (AvgIpc) is 2.61. The van der Waals surface area contributed by atoms with Gasteiger partial charge in [-0.1, -0.05) is 51.3 Å². The predicted molar refractivity (Wildman–Crippen MR) is 111 cm³/mol. The Hall–Kier alpha value is -1.38. The van der Waals surface area contributed by atoms with Gasteiger partial charge in [0.2, 0.25) is 15.9 Å². The highest BCUT2D eigenvalue weighted by atomic mass is 79.9. The normalized spacial score (nSPS) is 11.4. The van der Waals surface area contributed by atoms with Gasteiger partial charge in [0.15, 0.2) is 0 Å². The van der Waals surface area contributed by atoms with E-state index in [1.165, 1.54) is 24.3 Å². The van der Waals surface area contributed by atoms with Gasteiger partial charge in [-0.2, -0.15) is 4.31 Å². The topological polar surface area (TPSA) is 66.5 Å². The zero-order valence-corrected chi connectivity index (χ0v) is 18.1. The molecule has 0 aliphatic heterocycles. The molecule has 0 radical (unpaired) electrons. The van der Waals surface area contributed by atoms with Crippen LogP contribution in [0.3, 0.4) is 0 Å². The van der Waals surface area contributed by atoms with Gasteiger partial charge >= 0.3 is 0 Å². The molecular formula is C18H17BrCl2N2O3S. The number of halogens is 3. The van der Waals surface area contributed by atoms with E-state index in [1.807, 2.05) is 0 Å². The van der Waals surface area contributed by atoms with E-state index in [0.29, 0.717) is 15.6 Å². The molecule has 27 heavy (non-hydrogen) atoms. The molecule has 144 valence electrons. The molecule has 1 N–H and O–H groups in total. The van der Waals surface area contributed by atoms with Gasteiger partial charge in [0, 0.05) is 27.6 Å². The van der Waals surface area contributed by atoms with Crippen LogP contribution in [0.2, 0.25) is 10.0 Å². The number of carbonyl (C=O) groups excluding carboxylic acids is 1. The summed E-state index contributed by atoms with van der Waals surface area (Å²) in [5.41, 5.74) is 0.540. The van der Waals surface area contributed by atoms with E-state index in [4.69, 9.17) is 23.2 Å². The summed E-state index contributed by atoms with van der Waals surface area (Å²) in [6, 6.07) is 11.0. The third-order valence-electron chi connectivity index (χ3n) is 3.58. The Morgan fingerprint density at radius 3 is 2.44 bits per heavy atom. The second-order valence-electron chi connectivity index (χ2n) is 5.56. The van der Waals surface area contributed by atoms with Crippen molar-refractivity contribution in [2.24, 2.45) is 0 Å². The number of hydrogen-bond acceptors (Lipinski definition) is 3. The Labute approximate surface area is 177 Å². The third-order valence-corrected chi connectivity index (χ3v) is 6.50. The van der Waals surface area contributed by atoms with Gasteiger partial charge in [0.1, 0.15) is 0 Å². The minimum absolute atomic E-state index is 0.0735. The highest BCUT2D eigenvalue weighted by Gasteiger charge is 2.27. The van der Waals surface area contributed by atoms with Crippen LogP contribution >= 0.6 is 39.1 Å². The standard InChI is InChI=1S/C18H17BrCl2N2O3S/c1-2-9-22-18(24)12-23(11-13-3-6-15(20)10-17(13)21)27(25,26)16-7-4-14(19)5-8-16/h2-8,10H,1,9,11-12H2,(H,22,24). The van der Waals surface area contributed by atoms with Crippen molar-refractivity contribution in [2.45, 2.75) is 11.4 Å². The first kappa shape index (κ1) is 21.9. The van der Waals surface area contributed by atoms with Crippen molar-refractivity contribution in [2.75, 3.05) is 13.1 Å². The van der Waals surface area contributed by atoms with Crippen LogP contribution in [0.1, 0.15) is 5.56 Å². The second kappa shape index (κ2) is 9.71. The highest BCUT2D eigenvalue weighted by Crippen LogP contribution is 2.25. The van der Waals surface area contributed by atoms with Crippen molar-refractivity contribution >= 4 is 55.1 Å². The molecule has 0 aromatic heterocycles. The van der Waals surface area contributed by atoms with E-state index in [9.17, 15) is 13.2 Å². The highest BCUT2D eigenvalue weighted by molar-refractivity contribution is 9.10. The molecule has 0 fully saturated rings. The van der Waals surface area contributed by atoms with Crippen LogP contribution in [0.4, 0.5) is 0 Å². The van der Waals surface area contributed by atoms with E-state index < -0.39 is 15.9 Å². The van der Waals surface area contributed by atoms with Crippen molar-refractivity contribution < 1.29 is 13.2 Å². The molecule has 0 bridgehead atoms. The largest absolute Gasteiger partial charge is 0.351 e. The monoisotopic (exact) mass is 490 g/mol. The van der Waals surface area contributed by atoms with Crippen LogP contribution < -0.4 is 5.32 Å². The lowest BCUT2D eigenvalue weighted by Crippen LogP contribution is -2.40. The van der Waals surface area contributed by atoms with E-state index in [0.717, 1.165) is 8.78 Å². The maximum absolute atomic E-state index is 13.1. The summed E-state index contributed by atoms with van der Waals surface area (Å²) in [6.07, 6.45) is 1.52. The van der Waals surface area contributed by atoms with Gasteiger partial charge < -0.3 is 5.32 Å². The maximum atomic E-state index is 13.1. The molecule has 5 nitrogen and oxygen atoms in total. The van der Waals surface area contributed by atoms with Crippen molar-refractivity contribution in [3.8, 4) is 0 Å². The number of hydrogen-bond donors (Lipinski definition) is 1. The Kier molecular flexibility index (Phi) is 7.88. The third kappa shape index (κ3) is 6.05. The van der Waals surface area contributed by atoms with Gasteiger partial charge in [0.05, 0.1) is 11.4 Å². The summed E-state index contributed by atoms with van der Waals surface area (Å²) in [5.74, 6) is -0.444. The average molecular weight is 492 g/mol. The van der Waals surface area contributed by atoms with Crippen molar-refractivity contribution in [1.82, 2.24) is 9.62 Å². The SMILES string of the molecule is C=CCNC(=O)CN(Cc1ccc(Cl)cc1Cl)S(=O)(=O)c1ccc(Br)cc1. The number of benzene rings is 2. The minimum atomic E-state index is -3.93. The van der Waals surface area contributed by atoms with E-state index in [1.54, 1.807) is 24.3 Å². The summed E-state index contributed by atoms with van der Waals surface area (Å²) in [7, 11) is -3.93. The van der Waals surface area contributed by atoms with Crippen molar-refractivity contribution in [3.63, 3.8) is 0 Å². The van der Waals surface area contributed by atoms with Gasteiger partial charge in [-0.15, -0.1) is 6.58 Å². The molecule has 0 heterocycles. The van der Waals surface area contributed by atoms with Crippen LogP contribution in [0.5, 0.6) is 0 Å². The summed E-state index contributed by atoms with van der Waals surface area (Å²) in [4.78, 5) is 12.2. The molecule has 0 atom stereocenters. The summed E-state index contributed by atoms with van der Waals surface area (Å²) in [5, 5.41) is 3.34. The summed E-state index contributed by atoms with van der Waals surface area (Å²) >= 11 is 15.4. The number of sulfonamides is 1. The number of amides is 1. The van der Waals surface area contributed by atoms with E-state index >= 15 is 0 Å². The maximum Gasteiger partial charge on any atom is 0.243 e. The zero-order valence-electron chi connectivity index (χ0n) is 14.2.